The second-order valence-electron chi connectivity index (χ2n) is 5.30. The van der Waals surface area contributed by atoms with E-state index >= 15 is 0 Å². The van der Waals surface area contributed by atoms with Crippen LogP contribution in [0.15, 0.2) is 24.3 Å². The predicted octanol–water partition coefficient (Wildman–Crippen LogP) is 1.83. The lowest BCUT2D eigenvalue weighted by molar-refractivity contribution is -0.385. The molecule has 0 saturated carbocycles. The van der Waals surface area contributed by atoms with Crippen LogP contribution in [0.1, 0.15) is 28.3 Å². The molecule has 3 rings (SSSR count). The van der Waals surface area contributed by atoms with Crippen LogP contribution in [0, 0.1) is 16.0 Å². The Morgan fingerprint density at radius 3 is 2.64 bits per heavy atom. The van der Waals surface area contributed by atoms with Crippen LogP contribution in [0.5, 0.6) is 0 Å². The fraction of sp³-hybridized carbons (Fsp3) is 0.286. The van der Waals surface area contributed by atoms with Crippen molar-refractivity contribution in [2.75, 3.05) is 5.32 Å². The lowest BCUT2D eigenvalue weighted by Gasteiger charge is -2.34. The zero-order chi connectivity index (χ0) is 16.0. The van der Waals surface area contributed by atoms with E-state index in [0.29, 0.717) is 6.42 Å². The molecule has 22 heavy (non-hydrogen) atoms. The Morgan fingerprint density at radius 2 is 2.05 bits per heavy atom. The van der Waals surface area contributed by atoms with Crippen LogP contribution >= 0.6 is 0 Å². The number of anilines is 1. The van der Waals surface area contributed by atoms with Crippen LogP contribution in [-0.2, 0) is 4.79 Å². The first-order valence-corrected chi connectivity index (χ1v) is 6.62. The lowest BCUT2D eigenvalue weighted by Crippen LogP contribution is -2.42. The lowest BCUT2D eigenvalue weighted by atomic mass is 9.77. The number of carboxylic acid groups (broad SMARTS) is 2. The second kappa shape index (κ2) is 4.83. The van der Waals surface area contributed by atoms with Gasteiger partial charge in [-0.25, -0.2) is 9.59 Å². The third-order valence-corrected chi connectivity index (χ3v) is 4.19. The van der Waals surface area contributed by atoms with Crippen molar-refractivity contribution in [1.29, 1.82) is 0 Å². The second-order valence-corrected chi connectivity index (χ2v) is 5.30. The van der Waals surface area contributed by atoms with E-state index in [1.165, 1.54) is 0 Å². The summed E-state index contributed by atoms with van der Waals surface area (Å²) in [6.45, 7) is 0. The summed E-state index contributed by atoms with van der Waals surface area (Å²) in [6.07, 6.45) is 3.97. The SMILES string of the molecule is O=C(O)c1ccc([N+](=O)[O-])c2c1N[C@@H](C(=O)O)[C@H]1CC=C[C@@H]21. The summed E-state index contributed by atoms with van der Waals surface area (Å²) >= 11 is 0. The number of nitrogens with zero attached hydrogens (tertiary/aromatic N) is 1. The topological polar surface area (TPSA) is 130 Å². The molecular formula is C14H12N2O6. The number of allylic oxidation sites excluding steroid dienone is 2. The Morgan fingerprint density at radius 1 is 1.32 bits per heavy atom. The van der Waals surface area contributed by atoms with E-state index in [4.69, 9.17) is 0 Å². The van der Waals surface area contributed by atoms with E-state index in [1.54, 1.807) is 12.2 Å². The Balaban J connectivity index is 2.27. The average Bonchev–Trinajstić information content (AvgIpc) is 2.93. The van der Waals surface area contributed by atoms with Gasteiger partial charge < -0.3 is 15.5 Å². The zero-order valence-electron chi connectivity index (χ0n) is 11.2. The molecular weight excluding hydrogens is 292 g/mol. The summed E-state index contributed by atoms with van der Waals surface area (Å²) in [5, 5.41) is 32.5. The molecule has 8 heteroatoms. The molecule has 0 amide bonds. The van der Waals surface area contributed by atoms with Crippen molar-refractivity contribution >= 4 is 23.3 Å². The van der Waals surface area contributed by atoms with Crippen molar-refractivity contribution < 1.29 is 24.7 Å². The molecule has 2 aliphatic rings. The van der Waals surface area contributed by atoms with Gasteiger partial charge in [-0.3, -0.25) is 10.1 Å². The fourth-order valence-electron chi connectivity index (χ4n) is 3.27. The van der Waals surface area contributed by atoms with Gasteiger partial charge in [0.25, 0.3) is 5.69 Å². The highest BCUT2D eigenvalue weighted by molar-refractivity contribution is 5.98. The number of nitro groups is 1. The van der Waals surface area contributed by atoms with Crippen LogP contribution in [-0.4, -0.2) is 33.1 Å². The summed E-state index contributed by atoms with van der Waals surface area (Å²) in [6, 6.07) is 1.31. The van der Waals surface area contributed by atoms with Gasteiger partial charge in [-0.1, -0.05) is 12.2 Å². The van der Waals surface area contributed by atoms with Gasteiger partial charge in [-0.15, -0.1) is 0 Å². The van der Waals surface area contributed by atoms with E-state index < -0.39 is 28.8 Å². The molecule has 0 radical (unpaired) electrons. The van der Waals surface area contributed by atoms with E-state index in [2.05, 4.69) is 5.32 Å². The Kier molecular flexibility index (Phi) is 3.09. The summed E-state index contributed by atoms with van der Waals surface area (Å²) in [5.41, 5.74) is -0.0773. The monoisotopic (exact) mass is 304 g/mol. The number of rotatable bonds is 3. The standard InChI is InChI=1S/C14H12N2O6/c17-13(18)8-4-5-9(16(21)22)10-6-2-1-3-7(6)12(14(19)20)15-11(8)10/h1-2,4-7,12,15H,3H2,(H,17,18)(H,19,20)/t6-,7+,12-/m1/s1. The van der Waals surface area contributed by atoms with Crippen LogP contribution in [0.25, 0.3) is 0 Å². The van der Waals surface area contributed by atoms with Crippen LogP contribution in [0.3, 0.4) is 0 Å². The summed E-state index contributed by atoms with van der Waals surface area (Å²) in [5.74, 6) is -3.21. The minimum absolute atomic E-state index is 0.0295. The number of carboxylic acids is 2. The maximum atomic E-state index is 11.4. The van der Waals surface area contributed by atoms with Crippen LogP contribution < -0.4 is 5.32 Å². The number of nitrogens with one attached hydrogen (secondary N) is 1. The number of aromatic carboxylic acids is 1. The number of hydrogen-bond donors (Lipinski definition) is 3. The van der Waals surface area contributed by atoms with Gasteiger partial charge in [0.05, 0.1) is 21.7 Å². The van der Waals surface area contributed by atoms with Gasteiger partial charge in [0.2, 0.25) is 0 Å². The van der Waals surface area contributed by atoms with Crippen molar-refractivity contribution in [2.24, 2.45) is 5.92 Å². The molecule has 3 atom stereocenters. The average molecular weight is 304 g/mol. The first kappa shape index (κ1) is 14.1. The Hall–Kier alpha value is -2.90. The number of nitro benzene ring substituents is 1. The van der Waals surface area contributed by atoms with Gasteiger partial charge in [-0.2, -0.15) is 0 Å². The van der Waals surface area contributed by atoms with E-state index in [9.17, 15) is 29.9 Å². The molecule has 0 unspecified atom stereocenters. The summed E-state index contributed by atoms with van der Waals surface area (Å²) in [7, 11) is 0. The highest BCUT2D eigenvalue weighted by atomic mass is 16.6. The molecule has 114 valence electrons. The quantitative estimate of drug-likeness (QED) is 0.441. The first-order valence-electron chi connectivity index (χ1n) is 6.62. The summed E-state index contributed by atoms with van der Waals surface area (Å²) < 4.78 is 0. The zero-order valence-corrected chi connectivity index (χ0v) is 11.2. The van der Waals surface area contributed by atoms with E-state index in [0.717, 1.165) is 12.1 Å². The molecule has 0 spiro atoms. The van der Waals surface area contributed by atoms with E-state index in [-0.39, 0.29) is 28.4 Å². The van der Waals surface area contributed by atoms with Crippen molar-refractivity contribution in [1.82, 2.24) is 0 Å². The molecule has 1 aromatic carbocycles. The van der Waals surface area contributed by atoms with Gasteiger partial charge in [0.15, 0.2) is 0 Å². The smallest absolute Gasteiger partial charge is 0.337 e. The number of carbonyl (C=O) groups is 2. The normalized spacial score (nSPS) is 25.0. The number of hydrogen-bond acceptors (Lipinski definition) is 5. The Bertz CT molecular complexity index is 726. The largest absolute Gasteiger partial charge is 0.480 e. The number of benzene rings is 1. The third kappa shape index (κ3) is 1.92. The van der Waals surface area contributed by atoms with Crippen molar-refractivity contribution in [3.8, 4) is 0 Å². The molecule has 0 fully saturated rings. The maximum Gasteiger partial charge on any atom is 0.337 e. The molecule has 1 aromatic rings. The van der Waals surface area contributed by atoms with Crippen LogP contribution in [0.2, 0.25) is 0 Å². The first-order chi connectivity index (χ1) is 10.4. The fourth-order valence-corrected chi connectivity index (χ4v) is 3.27. The minimum Gasteiger partial charge on any atom is -0.480 e. The highest BCUT2D eigenvalue weighted by Gasteiger charge is 2.45. The van der Waals surface area contributed by atoms with E-state index in [1.807, 2.05) is 0 Å². The molecule has 0 bridgehead atoms. The van der Waals surface area contributed by atoms with Gasteiger partial charge in [0, 0.05) is 17.9 Å². The third-order valence-electron chi connectivity index (χ3n) is 4.19. The number of aliphatic carboxylic acids is 1. The Labute approximate surface area is 124 Å². The molecule has 8 nitrogen and oxygen atoms in total. The molecule has 1 heterocycles. The minimum atomic E-state index is -1.26. The number of fused-ring (bicyclic) bond motifs is 3. The van der Waals surface area contributed by atoms with Crippen molar-refractivity contribution in [3.63, 3.8) is 0 Å². The van der Waals surface area contributed by atoms with Crippen molar-refractivity contribution in [3.05, 3.63) is 45.5 Å². The predicted molar refractivity (Wildman–Crippen MR) is 75.1 cm³/mol. The molecule has 1 aliphatic heterocycles. The van der Waals surface area contributed by atoms with Gasteiger partial charge in [0.1, 0.15) is 6.04 Å². The molecule has 3 N–H and O–H groups in total. The van der Waals surface area contributed by atoms with Crippen LogP contribution in [0.4, 0.5) is 11.4 Å². The maximum absolute atomic E-state index is 11.4. The highest BCUT2D eigenvalue weighted by Crippen LogP contribution is 2.49. The molecule has 1 aliphatic carbocycles. The van der Waals surface area contributed by atoms with Gasteiger partial charge >= 0.3 is 11.9 Å². The molecule has 0 aromatic heterocycles. The molecule has 0 saturated heterocycles. The van der Waals surface area contributed by atoms with Gasteiger partial charge in [-0.05, 0) is 12.5 Å². The van der Waals surface area contributed by atoms with Crippen molar-refractivity contribution in [2.45, 2.75) is 18.4 Å². The summed E-state index contributed by atoms with van der Waals surface area (Å²) in [4.78, 5) is 33.5.